The topological polar surface area (TPSA) is 36.4 Å². The normalized spacial score (nSPS) is 11.4. The average molecular weight is 424 g/mol. The number of benzene rings is 2. The summed E-state index contributed by atoms with van der Waals surface area (Å²) in [4.78, 5) is 22.4. The van der Waals surface area contributed by atoms with Crippen molar-refractivity contribution in [3.8, 4) is 0 Å². The van der Waals surface area contributed by atoms with Gasteiger partial charge in [0.05, 0.1) is 16.6 Å². The molecule has 0 N–H and O–H groups in total. The smallest absolute Gasteiger partial charge is 0.233 e. The monoisotopic (exact) mass is 423 g/mol. The van der Waals surface area contributed by atoms with Gasteiger partial charge < -0.3 is 4.90 Å². The Morgan fingerprint density at radius 1 is 0.933 bits per heavy atom. The van der Waals surface area contributed by atoms with Gasteiger partial charge in [0.1, 0.15) is 0 Å². The molecule has 1 aromatic heterocycles. The Balaban J connectivity index is 1.88. The molecule has 3 aromatic rings. The second-order valence-corrected chi connectivity index (χ2v) is 8.83. The van der Waals surface area contributed by atoms with Crippen molar-refractivity contribution in [3.05, 3.63) is 58.7 Å². The first kappa shape index (κ1) is 22.4. The van der Waals surface area contributed by atoms with Gasteiger partial charge in [-0.25, -0.2) is 4.98 Å². The molecule has 0 bridgehead atoms. The van der Waals surface area contributed by atoms with Crippen molar-refractivity contribution in [1.29, 1.82) is 0 Å². The van der Waals surface area contributed by atoms with Crippen LogP contribution in [0.15, 0.2) is 36.4 Å². The minimum atomic E-state index is 0.111. The summed E-state index contributed by atoms with van der Waals surface area (Å²) < 4.78 is 1.15. The summed E-state index contributed by atoms with van der Waals surface area (Å²) in [6, 6.07) is 12.7. The summed E-state index contributed by atoms with van der Waals surface area (Å²) in [5.41, 5.74) is 5.81. The fourth-order valence-electron chi connectivity index (χ4n) is 3.58. The van der Waals surface area contributed by atoms with Crippen LogP contribution in [-0.4, -0.2) is 42.0 Å². The zero-order chi connectivity index (χ0) is 21.7. The number of fused-ring (bicyclic) bond motifs is 1. The largest absolute Gasteiger partial charge is 0.302 e. The van der Waals surface area contributed by atoms with Crippen LogP contribution in [0.1, 0.15) is 43.0 Å². The Hall–Kier alpha value is -2.24. The zero-order valence-corrected chi connectivity index (χ0v) is 19.7. The van der Waals surface area contributed by atoms with Gasteiger partial charge in [0.15, 0.2) is 5.13 Å². The van der Waals surface area contributed by atoms with Crippen LogP contribution < -0.4 is 4.90 Å². The molecule has 30 heavy (non-hydrogen) atoms. The predicted molar refractivity (Wildman–Crippen MR) is 129 cm³/mol. The highest BCUT2D eigenvalue weighted by Crippen LogP contribution is 2.30. The first-order valence-electron chi connectivity index (χ1n) is 10.9. The van der Waals surface area contributed by atoms with E-state index in [1.165, 1.54) is 16.7 Å². The van der Waals surface area contributed by atoms with Gasteiger partial charge in [-0.15, -0.1) is 0 Å². The van der Waals surface area contributed by atoms with E-state index in [9.17, 15) is 4.79 Å². The summed E-state index contributed by atoms with van der Waals surface area (Å²) in [6.07, 6.45) is 1.40. The summed E-state index contributed by atoms with van der Waals surface area (Å²) in [5.74, 6) is 0.111. The second-order valence-electron chi connectivity index (χ2n) is 7.82. The lowest BCUT2D eigenvalue weighted by Crippen LogP contribution is -2.39. The molecule has 0 spiro atoms. The van der Waals surface area contributed by atoms with Crippen LogP contribution in [0.4, 0.5) is 5.13 Å². The number of aryl methyl sites for hydroxylation is 3. The Bertz CT molecular complexity index is 1010. The molecule has 1 heterocycles. The molecule has 3 rings (SSSR count). The highest BCUT2D eigenvalue weighted by molar-refractivity contribution is 7.22. The lowest BCUT2D eigenvalue weighted by Gasteiger charge is -2.25. The first-order chi connectivity index (χ1) is 14.4. The number of amides is 1. The van der Waals surface area contributed by atoms with Crippen LogP contribution in [0.25, 0.3) is 10.2 Å². The number of anilines is 1. The fourth-order valence-corrected chi connectivity index (χ4v) is 4.66. The number of nitrogens with zero attached hydrogens (tertiary/aromatic N) is 3. The van der Waals surface area contributed by atoms with Gasteiger partial charge in [-0.1, -0.05) is 56.4 Å². The number of rotatable bonds is 9. The summed E-state index contributed by atoms with van der Waals surface area (Å²) in [6.45, 7) is 14.2. The molecule has 4 nitrogen and oxygen atoms in total. The Morgan fingerprint density at radius 2 is 1.67 bits per heavy atom. The van der Waals surface area contributed by atoms with Crippen molar-refractivity contribution in [3.63, 3.8) is 0 Å². The van der Waals surface area contributed by atoms with Crippen LogP contribution in [-0.2, 0) is 17.6 Å². The minimum Gasteiger partial charge on any atom is -0.302 e. The average Bonchev–Trinajstić information content (AvgIpc) is 3.16. The third-order valence-electron chi connectivity index (χ3n) is 5.84. The van der Waals surface area contributed by atoms with E-state index in [2.05, 4.69) is 75.9 Å². The van der Waals surface area contributed by atoms with Gasteiger partial charge >= 0.3 is 0 Å². The second kappa shape index (κ2) is 10.2. The molecule has 0 unspecified atom stereocenters. The van der Waals surface area contributed by atoms with Gasteiger partial charge in [0.25, 0.3) is 0 Å². The number of thiazole rings is 1. The third-order valence-corrected chi connectivity index (χ3v) is 6.88. The molecule has 1 amide bonds. The van der Waals surface area contributed by atoms with Crippen LogP contribution in [0.5, 0.6) is 0 Å². The molecule has 0 radical (unpaired) electrons. The summed E-state index contributed by atoms with van der Waals surface area (Å²) >= 11 is 1.62. The fraction of sp³-hybridized carbons (Fsp3) is 0.440. The van der Waals surface area contributed by atoms with E-state index in [1.807, 2.05) is 4.90 Å². The van der Waals surface area contributed by atoms with Crippen LogP contribution in [0.3, 0.4) is 0 Å². The number of aromatic nitrogens is 1. The number of carbonyl (C=O) groups excluding carboxylic acids is 1. The highest BCUT2D eigenvalue weighted by Gasteiger charge is 2.21. The maximum atomic E-state index is 13.4. The van der Waals surface area contributed by atoms with E-state index in [-0.39, 0.29) is 5.91 Å². The van der Waals surface area contributed by atoms with E-state index in [4.69, 9.17) is 4.98 Å². The van der Waals surface area contributed by atoms with E-state index in [0.717, 1.165) is 47.0 Å². The molecule has 5 heteroatoms. The van der Waals surface area contributed by atoms with Gasteiger partial charge in [-0.2, -0.15) is 0 Å². The van der Waals surface area contributed by atoms with E-state index in [1.54, 1.807) is 11.3 Å². The van der Waals surface area contributed by atoms with Crippen molar-refractivity contribution in [2.24, 2.45) is 0 Å². The Labute approximate surface area is 184 Å². The van der Waals surface area contributed by atoms with Crippen molar-refractivity contribution in [2.75, 3.05) is 31.1 Å². The third kappa shape index (κ3) is 5.27. The summed E-state index contributed by atoms with van der Waals surface area (Å²) in [7, 11) is 0. The van der Waals surface area contributed by atoms with E-state index < -0.39 is 0 Å². The van der Waals surface area contributed by atoms with Crippen molar-refractivity contribution in [1.82, 2.24) is 9.88 Å². The lowest BCUT2D eigenvalue weighted by molar-refractivity contribution is -0.118. The molecule has 0 saturated carbocycles. The standard InChI is InChI=1S/C25H33N3OS/c1-6-20-11-12-22-23(16-20)30-25(26-22)28(14-13-27(7-2)8-3)24(29)17-21-10-9-18(4)19(5)15-21/h9-12,15-16H,6-8,13-14,17H2,1-5H3. The van der Waals surface area contributed by atoms with Crippen LogP contribution in [0.2, 0.25) is 0 Å². The molecule has 0 aliphatic heterocycles. The lowest BCUT2D eigenvalue weighted by atomic mass is 10.0. The van der Waals surface area contributed by atoms with Crippen LogP contribution in [0, 0.1) is 13.8 Å². The van der Waals surface area contributed by atoms with E-state index >= 15 is 0 Å². The predicted octanol–water partition coefficient (Wildman–Crippen LogP) is 5.39. The van der Waals surface area contributed by atoms with Crippen LogP contribution >= 0.6 is 11.3 Å². The van der Waals surface area contributed by atoms with Gasteiger partial charge in [0.2, 0.25) is 5.91 Å². The molecule has 160 valence electrons. The summed E-state index contributed by atoms with van der Waals surface area (Å²) in [5, 5.41) is 0.805. The van der Waals surface area contributed by atoms with Gasteiger partial charge in [-0.05, 0) is 67.7 Å². The SMILES string of the molecule is CCc1ccc2nc(N(CCN(CC)CC)C(=O)Cc3ccc(C)c(C)c3)sc2c1. The van der Waals surface area contributed by atoms with Gasteiger partial charge in [0, 0.05) is 13.1 Å². The zero-order valence-electron chi connectivity index (χ0n) is 18.9. The minimum absolute atomic E-state index is 0.111. The first-order valence-corrected chi connectivity index (χ1v) is 11.7. The molecular formula is C25H33N3OS. The van der Waals surface area contributed by atoms with E-state index in [0.29, 0.717) is 13.0 Å². The Morgan fingerprint density at radius 3 is 2.33 bits per heavy atom. The molecule has 0 aliphatic rings. The highest BCUT2D eigenvalue weighted by atomic mass is 32.1. The van der Waals surface area contributed by atoms with Crippen molar-refractivity contribution in [2.45, 2.75) is 47.5 Å². The van der Waals surface area contributed by atoms with Crippen molar-refractivity contribution >= 4 is 32.6 Å². The molecule has 2 aromatic carbocycles. The Kier molecular flexibility index (Phi) is 7.62. The molecule has 0 aliphatic carbocycles. The number of carbonyl (C=O) groups is 1. The number of hydrogen-bond donors (Lipinski definition) is 0. The number of likely N-dealkylation sites (N-methyl/N-ethyl adjacent to an activating group) is 1. The quantitative estimate of drug-likeness (QED) is 0.463. The maximum Gasteiger partial charge on any atom is 0.233 e. The maximum absolute atomic E-state index is 13.4. The van der Waals surface area contributed by atoms with Crippen molar-refractivity contribution < 1.29 is 4.79 Å². The molecule has 0 saturated heterocycles. The molecular weight excluding hydrogens is 390 g/mol. The molecule has 0 atom stereocenters. The molecule has 0 fully saturated rings. The number of hydrogen-bond acceptors (Lipinski definition) is 4. The van der Waals surface area contributed by atoms with Gasteiger partial charge in [-0.3, -0.25) is 9.69 Å².